The number of ether oxygens (including phenoxy) is 1. The van der Waals surface area contributed by atoms with Crippen LogP contribution < -0.4 is 5.32 Å². The molecule has 0 aromatic rings. The van der Waals surface area contributed by atoms with E-state index in [1.54, 1.807) is 7.11 Å². The predicted octanol–water partition coefficient (Wildman–Crippen LogP) is 3.36. The lowest BCUT2D eigenvalue weighted by Gasteiger charge is -2.35. The third-order valence-electron chi connectivity index (χ3n) is 4.05. The van der Waals surface area contributed by atoms with Gasteiger partial charge in [0.2, 0.25) is 0 Å². The summed E-state index contributed by atoms with van der Waals surface area (Å²) < 4.78 is 5.42. The molecule has 1 saturated carbocycles. The smallest absolute Gasteiger partial charge is 0.0634 e. The summed E-state index contributed by atoms with van der Waals surface area (Å²) in [5.74, 6) is 0. The minimum absolute atomic E-state index is 0.0148. The predicted molar refractivity (Wildman–Crippen MR) is 69.7 cm³/mol. The van der Waals surface area contributed by atoms with Crippen LogP contribution >= 0.6 is 0 Å². The fraction of sp³-hybridized carbons (Fsp3) is 1.00. The number of hydrogen-bond donors (Lipinski definition) is 1. The van der Waals surface area contributed by atoms with Crippen molar-refractivity contribution in [3.8, 4) is 0 Å². The van der Waals surface area contributed by atoms with Crippen molar-refractivity contribution in [2.24, 2.45) is 5.41 Å². The minimum Gasteiger partial charge on any atom is -0.379 e. The fourth-order valence-corrected chi connectivity index (χ4v) is 2.28. The molecule has 1 rings (SSSR count). The van der Waals surface area contributed by atoms with Crippen molar-refractivity contribution in [2.45, 2.75) is 71.4 Å². The summed E-state index contributed by atoms with van der Waals surface area (Å²) in [4.78, 5) is 0. The van der Waals surface area contributed by atoms with Crippen molar-refractivity contribution >= 4 is 0 Å². The van der Waals surface area contributed by atoms with Crippen LogP contribution in [-0.2, 0) is 4.74 Å². The molecule has 96 valence electrons. The number of hydrogen-bond acceptors (Lipinski definition) is 2. The lowest BCUT2D eigenvalue weighted by Crippen LogP contribution is -2.38. The Morgan fingerprint density at radius 1 is 1.25 bits per heavy atom. The molecule has 1 aliphatic carbocycles. The van der Waals surface area contributed by atoms with Crippen LogP contribution in [-0.4, -0.2) is 25.3 Å². The van der Waals surface area contributed by atoms with Gasteiger partial charge in [0, 0.05) is 13.2 Å². The van der Waals surface area contributed by atoms with E-state index in [9.17, 15) is 0 Å². The minimum atomic E-state index is 0.0148. The van der Waals surface area contributed by atoms with Gasteiger partial charge in [0.05, 0.1) is 5.60 Å². The van der Waals surface area contributed by atoms with E-state index in [0.29, 0.717) is 5.41 Å². The molecular weight excluding hydrogens is 198 g/mol. The first kappa shape index (κ1) is 14.0. The first-order valence-corrected chi connectivity index (χ1v) is 6.63. The Morgan fingerprint density at radius 3 is 2.31 bits per heavy atom. The van der Waals surface area contributed by atoms with E-state index in [1.165, 1.54) is 25.7 Å². The molecule has 1 fully saturated rings. The van der Waals surface area contributed by atoms with Gasteiger partial charge in [-0.05, 0) is 57.9 Å². The van der Waals surface area contributed by atoms with Crippen LogP contribution in [0, 0.1) is 5.41 Å². The molecule has 0 unspecified atom stereocenters. The molecule has 0 aromatic heterocycles. The van der Waals surface area contributed by atoms with E-state index in [1.807, 2.05) is 0 Å². The summed E-state index contributed by atoms with van der Waals surface area (Å²) in [6.45, 7) is 10.2. The van der Waals surface area contributed by atoms with E-state index in [-0.39, 0.29) is 5.60 Å². The van der Waals surface area contributed by atoms with Crippen molar-refractivity contribution in [1.82, 2.24) is 5.32 Å². The summed E-state index contributed by atoms with van der Waals surface area (Å²) >= 11 is 0. The van der Waals surface area contributed by atoms with Gasteiger partial charge in [0.25, 0.3) is 0 Å². The molecule has 0 radical (unpaired) electrons. The molecule has 2 nitrogen and oxygen atoms in total. The van der Waals surface area contributed by atoms with Crippen molar-refractivity contribution in [3.05, 3.63) is 0 Å². The van der Waals surface area contributed by atoms with Gasteiger partial charge in [0.1, 0.15) is 0 Å². The highest BCUT2D eigenvalue weighted by atomic mass is 16.5. The molecule has 1 N–H and O–H groups in total. The van der Waals surface area contributed by atoms with Crippen LogP contribution in [0.3, 0.4) is 0 Å². The topological polar surface area (TPSA) is 21.3 Å². The van der Waals surface area contributed by atoms with Gasteiger partial charge in [0.15, 0.2) is 0 Å². The van der Waals surface area contributed by atoms with Crippen molar-refractivity contribution < 1.29 is 4.74 Å². The molecule has 0 aliphatic heterocycles. The summed E-state index contributed by atoms with van der Waals surface area (Å²) in [5.41, 5.74) is 0.588. The number of nitrogens with one attached hydrogen (secondary N) is 1. The van der Waals surface area contributed by atoms with Gasteiger partial charge in [-0.1, -0.05) is 13.8 Å². The zero-order valence-corrected chi connectivity index (χ0v) is 11.7. The van der Waals surface area contributed by atoms with Gasteiger partial charge >= 0.3 is 0 Å². The maximum Gasteiger partial charge on any atom is 0.0634 e. The van der Waals surface area contributed by atoms with Crippen LogP contribution in [0.4, 0.5) is 0 Å². The van der Waals surface area contributed by atoms with Crippen molar-refractivity contribution in [2.75, 3.05) is 13.7 Å². The van der Waals surface area contributed by atoms with Crippen LogP contribution in [0.2, 0.25) is 0 Å². The first-order valence-electron chi connectivity index (χ1n) is 6.63. The molecule has 0 heterocycles. The molecule has 0 atom stereocenters. The highest BCUT2D eigenvalue weighted by Crippen LogP contribution is 2.34. The third-order valence-corrected chi connectivity index (χ3v) is 4.05. The lowest BCUT2D eigenvalue weighted by atomic mass is 9.75. The Morgan fingerprint density at radius 2 is 1.81 bits per heavy atom. The van der Waals surface area contributed by atoms with Crippen LogP contribution in [0.5, 0.6) is 0 Å². The zero-order chi connectivity index (χ0) is 12.2. The van der Waals surface area contributed by atoms with E-state index in [2.05, 4.69) is 33.0 Å². The second-order valence-corrected chi connectivity index (χ2v) is 6.61. The van der Waals surface area contributed by atoms with E-state index >= 15 is 0 Å². The molecule has 0 bridgehead atoms. The monoisotopic (exact) mass is 227 g/mol. The van der Waals surface area contributed by atoms with Crippen LogP contribution in [0.1, 0.15) is 59.8 Å². The molecular formula is C14H29NO. The highest BCUT2D eigenvalue weighted by molar-refractivity contribution is 4.82. The van der Waals surface area contributed by atoms with Gasteiger partial charge in [-0.15, -0.1) is 0 Å². The van der Waals surface area contributed by atoms with E-state index < -0.39 is 0 Å². The summed E-state index contributed by atoms with van der Waals surface area (Å²) in [6, 6.07) is 0.737. The molecule has 16 heavy (non-hydrogen) atoms. The molecule has 0 amide bonds. The summed E-state index contributed by atoms with van der Waals surface area (Å²) in [6.07, 6.45) is 6.47. The molecule has 0 spiro atoms. The summed E-state index contributed by atoms with van der Waals surface area (Å²) in [7, 11) is 1.79. The first-order chi connectivity index (χ1) is 7.35. The third kappa shape index (κ3) is 4.84. The van der Waals surface area contributed by atoms with Gasteiger partial charge in [-0.3, -0.25) is 0 Å². The Kier molecular flexibility index (Phi) is 4.81. The van der Waals surface area contributed by atoms with Crippen LogP contribution in [0.25, 0.3) is 0 Å². The fourth-order valence-electron chi connectivity index (χ4n) is 2.28. The average molecular weight is 227 g/mol. The Hall–Kier alpha value is -0.0800. The van der Waals surface area contributed by atoms with E-state index in [0.717, 1.165) is 19.0 Å². The maximum atomic E-state index is 5.42. The van der Waals surface area contributed by atoms with Gasteiger partial charge in [-0.25, -0.2) is 0 Å². The lowest BCUT2D eigenvalue weighted by molar-refractivity contribution is 0.0148. The largest absolute Gasteiger partial charge is 0.379 e. The SMILES string of the molecule is COC(C)(C)CCNC1CCC(C)(C)CC1. The molecule has 0 saturated heterocycles. The standard InChI is InChI=1S/C14H29NO/c1-13(2)8-6-12(7-9-13)15-11-10-14(3,4)16-5/h12,15H,6-11H2,1-5H3. The second-order valence-electron chi connectivity index (χ2n) is 6.61. The van der Waals surface area contributed by atoms with Crippen LogP contribution in [0.15, 0.2) is 0 Å². The Balaban J connectivity index is 2.16. The molecule has 1 aliphatic rings. The Labute approximate surface area is 101 Å². The van der Waals surface area contributed by atoms with Gasteiger partial charge < -0.3 is 10.1 Å². The summed E-state index contributed by atoms with van der Waals surface area (Å²) in [5, 5.41) is 3.67. The molecule has 2 heteroatoms. The second kappa shape index (κ2) is 5.50. The number of rotatable bonds is 5. The average Bonchev–Trinajstić information content (AvgIpc) is 2.20. The van der Waals surface area contributed by atoms with Crippen molar-refractivity contribution in [3.63, 3.8) is 0 Å². The van der Waals surface area contributed by atoms with Gasteiger partial charge in [-0.2, -0.15) is 0 Å². The van der Waals surface area contributed by atoms with E-state index in [4.69, 9.17) is 4.74 Å². The number of methoxy groups -OCH3 is 1. The van der Waals surface area contributed by atoms with Crippen molar-refractivity contribution in [1.29, 1.82) is 0 Å². The molecule has 0 aromatic carbocycles. The normalized spacial score (nSPS) is 22.3. The Bertz CT molecular complexity index is 201. The zero-order valence-electron chi connectivity index (χ0n) is 11.7. The maximum absolute atomic E-state index is 5.42. The quantitative estimate of drug-likeness (QED) is 0.777. The highest BCUT2D eigenvalue weighted by Gasteiger charge is 2.26.